The molecule has 1 aromatic heterocycles. The van der Waals surface area contributed by atoms with E-state index < -0.39 is 0 Å². The second-order valence-corrected chi connectivity index (χ2v) is 7.24. The van der Waals surface area contributed by atoms with Crippen LogP contribution in [0.2, 0.25) is 5.02 Å². The highest BCUT2D eigenvalue weighted by molar-refractivity contribution is 6.30. The first-order valence-electron chi connectivity index (χ1n) is 9.53. The van der Waals surface area contributed by atoms with Crippen molar-refractivity contribution in [3.63, 3.8) is 0 Å². The van der Waals surface area contributed by atoms with E-state index >= 15 is 0 Å². The van der Waals surface area contributed by atoms with Crippen molar-refractivity contribution in [1.82, 2.24) is 9.88 Å². The zero-order valence-electron chi connectivity index (χ0n) is 17.6. The number of rotatable bonds is 8. The number of ether oxygens (including phenoxy) is 3. The number of aromatic nitrogens is 1. The molecular formula is C23H25ClN2O4. The standard InChI is InChI=1S/C23H25ClN2O4/c1-15(27)26(11-12-28-2)14-17-13-19-20(29-3)9-10-21(30-4)23(19)25-22(17)16-5-7-18(24)8-6-16/h5-10,13H,11-12,14H2,1-4H3. The second kappa shape index (κ2) is 9.78. The summed E-state index contributed by atoms with van der Waals surface area (Å²) in [6.45, 7) is 2.88. The Bertz CT molecular complexity index is 1040. The Hall–Kier alpha value is -2.83. The number of halogens is 1. The third-order valence-corrected chi connectivity index (χ3v) is 5.17. The maximum Gasteiger partial charge on any atom is 0.219 e. The topological polar surface area (TPSA) is 60.9 Å². The minimum atomic E-state index is -0.0354. The molecule has 0 radical (unpaired) electrons. The van der Waals surface area contributed by atoms with Crippen LogP contribution in [-0.4, -0.2) is 50.3 Å². The Morgan fingerprint density at radius 1 is 1.03 bits per heavy atom. The maximum absolute atomic E-state index is 12.2. The zero-order valence-corrected chi connectivity index (χ0v) is 18.3. The Morgan fingerprint density at radius 3 is 2.30 bits per heavy atom. The zero-order chi connectivity index (χ0) is 21.7. The maximum atomic E-state index is 12.2. The van der Waals surface area contributed by atoms with Gasteiger partial charge in [-0.25, -0.2) is 4.98 Å². The summed E-state index contributed by atoms with van der Waals surface area (Å²) in [6.07, 6.45) is 0. The Kier molecular flexibility index (Phi) is 7.13. The lowest BCUT2D eigenvalue weighted by Crippen LogP contribution is -2.31. The van der Waals surface area contributed by atoms with Crippen LogP contribution in [0.25, 0.3) is 22.2 Å². The summed E-state index contributed by atoms with van der Waals surface area (Å²) in [6, 6.07) is 13.2. The van der Waals surface area contributed by atoms with Gasteiger partial charge in [0.05, 0.1) is 26.5 Å². The minimum Gasteiger partial charge on any atom is -0.496 e. The normalized spacial score (nSPS) is 10.8. The first kappa shape index (κ1) is 21.9. The molecule has 3 aromatic rings. The molecule has 0 bridgehead atoms. The van der Waals surface area contributed by atoms with Crippen molar-refractivity contribution in [2.45, 2.75) is 13.5 Å². The van der Waals surface area contributed by atoms with Crippen LogP contribution in [0.4, 0.5) is 0 Å². The highest BCUT2D eigenvalue weighted by Crippen LogP contribution is 2.36. The van der Waals surface area contributed by atoms with E-state index in [2.05, 4.69) is 0 Å². The summed E-state index contributed by atoms with van der Waals surface area (Å²) in [5.74, 6) is 1.30. The molecule has 3 rings (SSSR count). The highest BCUT2D eigenvalue weighted by atomic mass is 35.5. The lowest BCUT2D eigenvalue weighted by molar-refractivity contribution is -0.130. The number of hydrogen-bond donors (Lipinski definition) is 0. The molecule has 0 aliphatic rings. The summed E-state index contributed by atoms with van der Waals surface area (Å²) in [5, 5.41) is 1.46. The monoisotopic (exact) mass is 428 g/mol. The van der Waals surface area contributed by atoms with Gasteiger partial charge in [-0.05, 0) is 35.9 Å². The van der Waals surface area contributed by atoms with Crippen LogP contribution in [0.1, 0.15) is 12.5 Å². The summed E-state index contributed by atoms with van der Waals surface area (Å²) >= 11 is 6.08. The van der Waals surface area contributed by atoms with Crippen LogP contribution < -0.4 is 9.47 Å². The third-order valence-electron chi connectivity index (χ3n) is 4.92. The number of nitrogens with zero attached hydrogens (tertiary/aromatic N) is 2. The van der Waals surface area contributed by atoms with Gasteiger partial charge in [0.25, 0.3) is 0 Å². The molecule has 1 heterocycles. The number of amides is 1. The molecule has 2 aromatic carbocycles. The lowest BCUT2D eigenvalue weighted by Gasteiger charge is -2.23. The second-order valence-electron chi connectivity index (χ2n) is 6.80. The van der Waals surface area contributed by atoms with Gasteiger partial charge in [0.1, 0.15) is 17.0 Å². The quantitative estimate of drug-likeness (QED) is 0.526. The molecule has 0 fully saturated rings. The molecule has 0 aliphatic heterocycles. The van der Waals surface area contributed by atoms with Crippen molar-refractivity contribution < 1.29 is 19.0 Å². The van der Waals surface area contributed by atoms with E-state index in [9.17, 15) is 4.79 Å². The van der Waals surface area contributed by atoms with Crippen molar-refractivity contribution in [2.24, 2.45) is 0 Å². The number of benzene rings is 2. The van der Waals surface area contributed by atoms with Gasteiger partial charge in [0.2, 0.25) is 5.91 Å². The highest BCUT2D eigenvalue weighted by Gasteiger charge is 2.18. The van der Waals surface area contributed by atoms with Gasteiger partial charge in [0, 0.05) is 43.1 Å². The van der Waals surface area contributed by atoms with Crippen molar-refractivity contribution in [2.75, 3.05) is 34.5 Å². The number of carbonyl (C=O) groups is 1. The summed E-state index contributed by atoms with van der Waals surface area (Å²) in [4.78, 5) is 18.9. The van der Waals surface area contributed by atoms with Crippen LogP contribution in [0.5, 0.6) is 11.5 Å². The molecule has 0 unspecified atom stereocenters. The molecule has 0 saturated heterocycles. The Labute approximate surface area is 181 Å². The molecule has 0 spiro atoms. The number of pyridine rings is 1. The average Bonchev–Trinajstić information content (AvgIpc) is 2.75. The van der Waals surface area contributed by atoms with E-state index in [-0.39, 0.29) is 5.91 Å². The van der Waals surface area contributed by atoms with Gasteiger partial charge in [-0.2, -0.15) is 0 Å². The fourth-order valence-corrected chi connectivity index (χ4v) is 3.45. The molecule has 0 atom stereocenters. The van der Waals surface area contributed by atoms with Crippen LogP contribution >= 0.6 is 11.6 Å². The molecule has 6 nitrogen and oxygen atoms in total. The first-order chi connectivity index (χ1) is 14.5. The van der Waals surface area contributed by atoms with E-state index in [4.69, 9.17) is 30.8 Å². The molecular weight excluding hydrogens is 404 g/mol. The fourth-order valence-electron chi connectivity index (χ4n) is 3.33. The summed E-state index contributed by atoms with van der Waals surface area (Å²) < 4.78 is 16.2. The number of hydrogen-bond acceptors (Lipinski definition) is 5. The largest absolute Gasteiger partial charge is 0.496 e. The number of fused-ring (bicyclic) bond motifs is 1. The first-order valence-corrected chi connectivity index (χ1v) is 9.91. The van der Waals surface area contributed by atoms with Crippen molar-refractivity contribution in [3.8, 4) is 22.8 Å². The van der Waals surface area contributed by atoms with Crippen LogP contribution in [0.3, 0.4) is 0 Å². The molecule has 30 heavy (non-hydrogen) atoms. The smallest absolute Gasteiger partial charge is 0.219 e. The molecule has 158 valence electrons. The van der Waals surface area contributed by atoms with Crippen LogP contribution in [0.15, 0.2) is 42.5 Å². The van der Waals surface area contributed by atoms with E-state index in [0.717, 1.165) is 22.2 Å². The Morgan fingerprint density at radius 2 is 1.70 bits per heavy atom. The van der Waals surface area contributed by atoms with Crippen molar-refractivity contribution in [3.05, 3.63) is 53.1 Å². The number of methoxy groups -OCH3 is 3. The fraction of sp³-hybridized carbons (Fsp3) is 0.304. The predicted molar refractivity (Wildman–Crippen MR) is 118 cm³/mol. The molecule has 0 N–H and O–H groups in total. The van der Waals surface area contributed by atoms with Gasteiger partial charge in [-0.15, -0.1) is 0 Å². The van der Waals surface area contributed by atoms with Gasteiger partial charge < -0.3 is 19.1 Å². The average molecular weight is 429 g/mol. The number of carbonyl (C=O) groups excluding carboxylic acids is 1. The SMILES string of the molecule is COCCN(Cc1cc2c(OC)ccc(OC)c2nc1-c1ccc(Cl)cc1)C(C)=O. The summed E-state index contributed by atoms with van der Waals surface area (Å²) in [7, 11) is 4.85. The lowest BCUT2D eigenvalue weighted by atomic mass is 10.0. The van der Waals surface area contributed by atoms with Gasteiger partial charge in [-0.1, -0.05) is 23.7 Å². The van der Waals surface area contributed by atoms with Crippen molar-refractivity contribution >= 4 is 28.4 Å². The molecule has 0 saturated carbocycles. The third kappa shape index (κ3) is 4.66. The van der Waals surface area contributed by atoms with Crippen molar-refractivity contribution in [1.29, 1.82) is 0 Å². The van der Waals surface area contributed by atoms with Crippen LogP contribution in [-0.2, 0) is 16.1 Å². The minimum absolute atomic E-state index is 0.0354. The van der Waals surface area contributed by atoms with Crippen LogP contribution in [0, 0.1) is 0 Å². The van der Waals surface area contributed by atoms with Gasteiger partial charge in [-0.3, -0.25) is 4.79 Å². The molecule has 1 amide bonds. The van der Waals surface area contributed by atoms with E-state index in [1.54, 1.807) is 33.2 Å². The predicted octanol–water partition coefficient (Wildman–Crippen LogP) is 4.57. The Balaban J connectivity index is 2.22. The molecule has 0 aliphatic carbocycles. The van der Waals surface area contributed by atoms with E-state index in [1.165, 1.54) is 0 Å². The van der Waals surface area contributed by atoms with Gasteiger partial charge >= 0.3 is 0 Å². The van der Waals surface area contributed by atoms with E-state index in [1.807, 2.05) is 42.5 Å². The van der Waals surface area contributed by atoms with Gasteiger partial charge in [0.15, 0.2) is 0 Å². The summed E-state index contributed by atoms with van der Waals surface area (Å²) in [5.41, 5.74) is 3.24. The molecule has 7 heteroatoms. The van der Waals surface area contributed by atoms with E-state index in [0.29, 0.717) is 41.7 Å².